The number of carbonyl (C=O) groups is 9. The summed E-state index contributed by atoms with van der Waals surface area (Å²) in [7, 11) is -32.5. The fourth-order valence-electron chi connectivity index (χ4n) is 7.00. The number of ether oxygens (including phenoxy) is 8. The molecule has 1 amide bonds. The van der Waals surface area contributed by atoms with Gasteiger partial charge in [0.25, 0.3) is 0 Å². The number of benzene rings is 7. The number of hydrogen-bond acceptors (Lipinski definition) is 39. The molecule has 121 heavy (non-hydrogen) atoms. The van der Waals surface area contributed by atoms with Crippen LogP contribution in [0.5, 0.6) is 40.2 Å². The summed E-state index contributed by atoms with van der Waals surface area (Å²) in [4.78, 5) is 100. The van der Waals surface area contributed by atoms with Gasteiger partial charge in [-0.15, -0.1) is 0 Å². The minimum Gasteiger partial charge on any atom is -0.748 e. The van der Waals surface area contributed by atoms with E-state index >= 15 is 0 Å². The number of Topliss-reactive ketones (excluding diaryl/α,β-unsaturated/α-hetero) is 1. The Bertz CT molecular complexity index is 5450. The van der Waals surface area contributed by atoms with Crippen LogP contribution in [0.1, 0.15) is 43.6 Å². The second kappa shape index (κ2) is 50.6. The predicted molar refractivity (Wildman–Crippen MR) is 450 cm³/mol. The van der Waals surface area contributed by atoms with Gasteiger partial charge in [0.15, 0.2) is 5.78 Å². The number of rotatable bonds is 23. The summed E-state index contributed by atoms with van der Waals surface area (Å²) in [5, 5.41) is 2.90. The first-order valence-electron chi connectivity index (χ1n) is 30.7. The standard InChI is InChI=1S/C13H16BrNO7S.C10H9BrO6S.C9H9BrO5S.2C8H6Br2O5S.C8H6BrClO5S.C8H8BrNO5S/c1-13(2,3)22-12(17)15-8-4-5-10(9(14)6-8)21-11(16)7-23(18,19)20;1-6(12)7-2-3-9(8(11)4-7)17-10(13)5-18(14,15)16;1-6-4-7(10)2-3-8(6)15-9(11)5-16(12,13)14;9-5-1-6(10)3-7(2-5)15-8(11)4-16(12,13)14;9-5-1-2-7(6(10)3-5)15-8(11)4-16(12,13)14;2*9-6-3-5(10)1-2-7(6)15-8(11)4-16(12,13)14/h4-6H,7H2,1-3H3,(H,15,17)(H,18,19,20);2-4H,5H2,1H3,(H,14,15,16);2-4H,5H2,1H3,(H,12,13,14);3*1-3H,4H2,(H,12,13,14);1-3H,4,10H2,(H,12,13,14)/p-7. The molecule has 0 heterocycles. The molecule has 7 aromatic carbocycles. The molecule has 0 bridgehead atoms. The van der Waals surface area contributed by atoms with E-state index in [1.807, 2.05) is 0 Å². The molecule has 0 aliphatic rings. The van der Waals surface area contributed by atoms with Crippen LogP contribution in [0.15, 0.2) is 168 Å². The van der Waals surface area contributed by atoms with E-state index in [9.17, 15) is 134 Å². The number of esters is 7. The van der Waals surface area contributed by atoms with Crippen LogP contribution in [0, 0.1) is 6.92 Å². The lowest BCUT2D eigenvalue weighted by molar-refractivity contribution is -0.132. The van der Waals surface area contributed by atoms with Gasteiger partial charge >= 0.3 is 47.9 Å². The van der Waals surface area contributed by atoms with Crippen molar-refractivity contribution in [3.8, 4) is 40.2 Å². The van der Waals surface area contributed by atoms with Crippen molar-refractivity contribution in [1.82, 2.24) is 0 Å². The largest absolute Gasteiger partial charge is 0.748 e. The zero-order valence-corrected chi connectivity index (χ0v) is 81.5. The molecule has 0 spiro atoms. The summed E-state index contributed by atoms with van der Waals surface area (Å²) >= 11 is 33.8. The molecule has 0 saturated heterocycles. The summed E-state index contributed by atoms with van der Waals surface area (Å²) in [5.74, 6) is -15.8. The lowest BCUT2D eigenvalue weighted by Gasteiger charge is -2.19. The first kappa shape index (κ1) is 113. The Morgan fingerprint density at radius 2 is 0.645 bits per heavy atom. The summed E-state index contributed by atoms with van der Waals surface area (Å²) < 4.78 is 259. The number of nitrogens with one attached hydrogen (secondary N) is 1. The maximum atomic E-state index is 11.6. The predicted octanol–water partition coefficient (Wildman–Crippen LogP) is 9.92. The highest BCUT2D eigenvalue weighted by Crippen LogP contribution is 2.33. The van der Waals surface area contributed by atoms with Crippen molar-refractivity contribution in [2.75, 3.05) is 51.3 Å². The number of anilines is 2. The minimum atomic E-state index is -4.71. The monoisotopic (exact) mass is 2430 g/mol. The van der Waals surface area contributed by atoms with Crippen LogP contribution < -0.4 is 44.2 Å². The summed E-state index contributed by atoms with van der Waals surface area (Å²) in [6.45, 7) is 8.22. The number of hydrogen-bond donors (Lipinski definition) is 2. The van der Waals surface area contributed by atoms with Gasteiger partial charge in [-0.3, -0.25) is 43.7 Å². The van der Waals surface area contributed by atoms with E-state index in [1.54, 1.807) is 58.0 Å². The second-order valence-corrected chi connectivity index (χ2v) is 41.3. The molecule has 40 nitrogen and oxygen atoms in total. The third kappa shape index (κ3) is 55.5. The molecule has 7 aromatic rings. The lowest BCUT2D eigenvalue weighted by atomic mass is 10.1. The Hall–Kier alpha value is -6.45. The van der Waals surface area contributed by atoms with E-state index < -0.39 is 165 Å². The third-order valence-corrected chi connectivity index (χ3v) is 20.6. The molecule has 666 valence electrons. The van der Waals surface area contributed by atoms with Gasteiger partial charge in [0.05, 0.1) is 22.4 Å². The molecular formula is C64H53Br9ClN2O38S7-7. The van der Waals surface area contributed by atoms with E-state index in [1.165, 1.54) is 104 Å². The molecule has 7 rings (SSSR count). The number of nitrogen functional groups attached to an aromatic ring is 1. The number of halogens is 10. The highest BCUT2D eigenvalue weighted by Gasteiger charge is 2.21. The number of carbonyl (C=O) groups excluding carboxylic acids is 9. The quantitative estimate of drug-likeness (QED) is 0.0198. The van der Waals surface area contributed by atoms with Crippen LogP contribution in [-0.2, 0) is 109 Å². The Balaban J connectivity index is 0.000000709. The fourth-order valence-corrected chi connectivity index (χ4v) is 14.4. The average Bonchev–Trinajstić information content (AvgIpc) is 0.497. The van der Waals surface area contributed by atoms with Crippen molar-refractivity contribution in [1.29, 1.82) is 0 Å². The van der Waals surface area contributed by atoms with Gasteiger partial charge in [-0.25, -0.2) is 63.7 Å². The van der Waals surface area contributed by atoms with E-state index in [-0.39, 0.29) is 50.5 Å². The van der Waals surface area contributed by atoms with Crippen LogP contribution in [0.4, 0.5) is 16.2 Å². The molecule has 0 atom stereocenters. The van der Waals surface area contributed by atoms with Crippen molar-refractivity contribution in [2.45, 2.75) is 40.2 Å². The van der Waals surface area contributed by atoms with Crippen molar-refractivity contribution in [3.63, 3.8) is 0 Å². The normalized spacial score (nSPS) is 11.3. The van der Waals surface area contributed by atoms with Crippen LogP contribution in [0.3, 0.4) is 0 Å². The SMILES string of the molecule is CC(=O)c1ccc(OC(=O)CS(=O)(=O)[O-])c(Br)c1.CC(C)(C)OC(=O)Nc1ccc(OC(=O)CS(=O)(=O)[O-])c(Br)c1.Cc1cc(Br)ccc1OC(=O)CS(=O)(=O)[O-].Nc1ccc(OC(=O)CS(=O)(=O)[O-])c(Br)c1.O=C(CS(=O)(=O)[O-])Oc1cc(Br)cc(Br)c1.O=C(CS(=O)(=O)[O-])Oc1ccc(Br)cc1Br.O=C(CS(=O)(=O)[O-])Oc1ccc(Cl)cc1Br. The lowest BCUT2D eigenvalue weighted by Crippen LogP contribution is -2.27. The third-order valence-electron chi connectivity index (χ3n) is 11.3. The first-order valence-corrected chi connectivity index (χ1v) is 49.2. The molecule has 0 aromatic heterocycles. The van der Waals surface area contributed by atoms with Crippen LogP contribution >= 0.6 is 155 Å². The summed E-state index contributed by atoms with van der Waals surface area (Å²) in [5.41, 5.74) is 6.66. The minimum absolute atomic E-state index is 0.00777. The van der Waals surface area contributed by atoms with Crippen molar-refractivity contribution >= 4 is 291 Å². The first-order chi connectivity index (χ1) is 54.9. The van der Waals surface area contributed by atoms with Gasteiger partial charge in [-0.2, -0.15) is 0 Å². The number of nitrogens with two attached hydrogens (primary N) is 1. The molecule has 0 unspecified atom stereocenters. The second-order valence-electron chi connectivity index (χ2n) is 23.1. The van der Waals surface area contributed by atoms with Crippen LogP contribution in [0.25, 0.3) is 0 Å². The molecule has 0 saturated carbocycles. The van der Waals surface area contributed by atoms with Crippen LogP contribution in [0.2, 0.25) is 5.02 Å². The number of aryl methyl sites for hydroxylation is 1. The number of amides is 1. The zero-order valence-electron chi connectivity index (χ0n) is 60.8. The van der Waals surface area contributed by atoms with Crippen LogP contribution in [-0.4, -0.2) is 190 Å². The van der Waals surface area contributed by atoms with Crippen molar-refractivity contribution in [3.05, 3.63) is 184 Å². The van der Waals surface area contributed by atoms with Crippen molar-refractivity contribution in [2.24, 2.45) is 0 Å². The summed E-state index contributed by atoms with van der Waals surface area (Å²) in [6.07, 6.45) is -0.661. The topological polar surface area (TPSA) is 666 Å². The van der Waals surface area contributed by atoms with E-state index in [0.29, 0.717) is 54.4 Å². The van der Waals surface area contributed by atoms with Gasteiger partial charge in [0, 0.05) is 39.9 Å². The van der Waals surface area contributed by atoms with Crippen molar-refractivity contribution < 1.29 is 172 Å². The highest BCUT2D eigenvalue weighted by molar-refractivity contribution is 9.12. The smallest absolute Gasteiger partial charge is 0.412 e. The molecule has 0 aliphatic heterocycles. The van der Waals surface area contributed by atoms with E-state index in [0.717, 1.165) is 8.95 Å². The molecular weight excluding hydrogens is 2380 g/mol. The molecule has 0 radical (unpaired) electrons. The maximum Gasteiger partial charge on any atom is 0.412 e. The van der Waals surface area contributed by atoms with Gasteiger partial charge in [-0.1, -0.05) is 75.3 Å². The number of ketones is 1. The molecule has 0 fully saturated rings. The highest BCUT2D eigenvalue weighted by atomic mass is 79.9. The zero-order chi connectivity index (χ0) is 93.5. The fraction of sp³-hybridized carbons (Fsp3) is 0.203. The maximum absolute atomic E-state index is 11.6. The summed E-state index contributed by atoms with van der Waals surface area (Å²) in [6, 6.07) is 31.2. The molecule has 3 N–H and O–H groups in total. The molecule has 57 heteroatoms. The van der Waals surface area contributed by atoms with Gasteiger partial charge in [0.2, 0.25) is 0 Å². The van der Waals surface area contributed by atoms with Gasteiger partial charge < -0.3 is 75.5 Å². The van der Waals surface area contributed by atoms with E-state index in [2.05, 4.69) is 168 Å². The van der Waals surface area contributed by atoms with E-state index in [4.69, 9.17) is 36.3 Å². The van der Waals surface area contributed by atoms with Gasteiger partial charge in [-0.05, 0) is 247 Å². The average molecular weight is 2440 g/mol. The molecule has 0 aliphatic carbocycles. The Labute approximate surface area is 770 Å². The Morgan fingerprint density at radius 1 is 0.355 bits per heavy atom. The Morgan fingerprint density at radius 3 is 0.959 bits per heavy atom. The Kier molecular flexibility index (Phi) is 47.1. The van der Waals surface area contributed by atoms with Gasteiger partial charge in [0.1, 0.15) is 157 Å².